The van der Waals surface area contributed by atoms with E-state index in [4.69, 9.17) is 5.73 Å². The molecule has 0 saturated heterocycles. The van der Waals surface area contributed by atoms with Crippen LogP contribution in [-0.4, -0.2) is 25.5 Å². The molecule has 2 heterocycles. The lowest BCUT2D eigenvalue weighted by atomic mass is 10.3. The third-order valence-corrected chi connectivity index (χ3v) is 2.28. The van der Waals surface area contributed by atoms with Crippen molar-refractivity contribution >= 4 is 11.6 Å². The Morgan fingerprint density at radius 1 is 1.47 bits per heavy atom. The van der Waals surface area contributed by atoms with E-state index in [9.17, 15) is 4.79 Å². The zero-order valence-corrected chi connectivity index (χ0v) is 8.51. The standard InChI is InChI=1S/C9H11N5O/c1-6-7(10)5-12-14(6)9(15)8-3-4-11-13(8)2/h3-5H,10H2,1-2H3. The average molecular weight is 205 g/mol. The highest BCUT2D eigenvalue weighted by Crippen LogP contribution is 2.10. The molecule has 78 valence electrons. The zero-order valence-electron chi connectivity index (χ0n) is 8.51. The minimum absolute atomic E-state index is 0.232. The quantitative estimate of drug-likeness (QED) is 0.721. The third-order valence-electron chi connectivity index (χ3n) is 2.28. The van der Waals surface area contributed by atoms with Gasteiger partial charge < -0.3 is 5.73 Å². The molecule has 2 N–H and O–H groups in total. The molecule has 6 heteroatoms. The van der Waals surface area contributed by atoms with Crippen LogP contribution in [0.25, 0.3) is 0 Å². The maximum absolute atomic E-state index is 11.9. The smallest absolute Gasteiger partial charge is 0.296 e. The SMILES string of the molecule is Cc1c(N)cnn1C(=O)c1ccnn1C. The minimum atomic E-state index is -0.232. The fourth-order valence-corrected chi connectivity index (χ4v) is 1.32. The van der Waals surface area contributed by atoms with Crippen molar-refractivity contribution in [2.24, 2.45) is 7.05 Å². The van der Waals surface area contributed by atoms with Gasteiger partial charge in [0.1, 0.15) is 5.69 Å². The molecule has 0 aromatic carbocycles. The second-order valence-corrected chi connectivity index (χ2v) is 3.24. The van der Waals surface area contributed by atoms with Crippen LogP contribution in [0.1, 0.15) is 16.2 Å². The van der Waals surface area contributed by atoms with Gasteiger partial charge in [0, 0.05) is 13.2 Å². The van der Waals surface area contributed by atoms with Crippen molar-refractivity contribution < 1.29 is 4.79 Å². The van der Waals surface area contributed by atoms with Crippen molar-refractivity contribution in [3.05, 3.63) is 29.8 Å². The van der Waals surface area contributed by atoms with Gasteiger partial charge in [-0.05, 0) is 13.0 Å². The van der Waals surface area contributed by atoms with E-state index in [2.05, 4.69) is 10.2 Å². The molecular formula is C9H11N5O. The number of carbonyl (C=O) groups excluding carboxylic acids is 1. The van der Waals surface area contributed by atoms with Gasteiger partial charge in [-0.15, -0.1) is 0 Å². The molecule has 0 aliphatic heterocycles. The maximum atomic E-state index is 11.9. The van der Waals surface area contributed by atoms with Crippen molar-refractivity contribution in [2.45, 2.75) is 6.92 Å². The lowest BCUT2D eigenvalue weighted by molar-refractivity contribution is 0.0933. The van der Waals surface area contributed by atoms with Gasteiger partial charge >= 0.3 is 0 Å². The van der Waals surface area contributed by atoms with E-state index in [1.165, 1.54) is 15.6 Å². The molecule has 0 atom stereocenters. The van der Waals surface area contributed by atoms with Gasteiger partial charge in [0.25, 0.3) is 5.91 Å². The molecule has 0 spiro atoms. The number of aromatic nitrogens is 4. The number of hydrogen-bond acceptors (Lipinski definition) is 4. The normalized spacial score (nSPS) is 10.5. The van der Waals surface area contributed by atoms with Crippen LogP contribution in [0.4, 0.5) is 5.69 Å². The molecule has 0 fully saturated rings. The van der Waals surface area contributed by atoms with Crippen LogP contribution in [0, 0.1) is 6.92 Å². The van der Waals surface area contributed by atoms with E-state index < -0.39 is 0 Å². The molecule has 6 nitrogen and oxygen atoms in total. The molecule has 2 aromatic heterocycles. The third kappa shape index (κ3) is 1.39. The van der Waals surface area contributed by atoms with Gasteiger partial charge in [-0.1, -0.05) is 0 Å². The number of hydrogen-bond donors (Lipinski definition) is 1. The summed E-state index contributed by atoms with van der Waals surface area (Å²) in [4.78, 5) is 11.9. The molecule has 15 heavy (non-hydrogen) atoms. The zero-order chi connectivity index (χ0) is 11.0. The molecule has 0 bridgehead atoms. The van der Waals surface area contributed by atoms with Crippen LogP contribution in [-0.2, 0) is 7.05 Å². The van der Waals surface area contributed by atoms with Gasteiger partial charge in [0.15, 0.2) is 0 Å². The average Bonchev–Trinajstić information content (AvgIpc) is 2.75. The Hall–Kier alpha value is -2.11. The number of rotatable bonds is 1. The van der Waals surface area contributed by atoms with E-state index in [-0.39, 0.29) is 5.91 Å². The van der Waals surface area contributed by atoms with Gasteiger partial charge in [-0.25, -0.2) is 0 Å². The highest BCUT2D eigenvalue weighted by Gasteiger charge is 2.16. The number of aryl methyl sites for hydroxylation is 1. The summed E-state index contributed by atoms with van der Waals surface area (Å²) in [6.45, 7) is 1.75. The summed E-state index contributed by atoms with van der Waals surface area (Å²) < 4.78 is 2.77. The molecule has 0 aliphatic rings. The molecule has 0 unspecified atom stereocenters. The molecule has 0 radical (unpaired) electrons. The van der Waals surface area contributed by atoms with Gasteiger partial charge in [0.05, 0.1) is 17.6 Å². The maximum Gasteiger partial charge on any atom is 0.296 e. The second-order valence-electron chi connectivity index (χ2n) is 3.24. The molecule has 0 aliphatic carbocycles. The Kier molecular flexibility index (Phi) is 2.03. The van der Waals surface area contributed by atoms with Crippen molar-refractivity contribution in [3.8, 4) is 0 Å². The second kappa shape index (κ2) is 3.23. The summed E-state index contributed by atoms with van der Waals surface area (Å²) in [5.74, 6) is -0.232. The number of nitrogens with zero attached hydrogens (tertiary/aromatic N) is 4. The Balaban J connectivity index is 2.46. The van der Waals surface area contributed by atoms with E-state index in [1.54, 1.807) is 26.2 Å². The van der Waals surface area contributed by atoms with E-state index in [1.807, 2.05) is 0 Å². The van der Waals surface area contributed by atoms with Crippen molar-refractivity contribution in [3.63, 3.8) is 0 Å². The van der Waals surface area contributed by atoms with Crippen molar-refractivity contribution in [1.82, 2.24) is 19.6 Å². The number of anilines is 1. The molecular weight excluding hydrogens is 194 g/mol. The Morgan fingerprint density at radius 3 is 2.67 bits per heavy atom. The Bertz CT molecular complexity index is 510. The first-order chi connectivity index (χ1) is 7.11. The van der Waals surface area contributed by atoms with Crippen LogP contribution in [0.15, 0.2) is 18.5 Å². The lowest BCUT2D eigenvalue weighted by Crippen LogP contribution is -2.18. The first kappa shape index (κ1) is 9.45. The predicted molar refractivity (Wildman–Crippen MR) is 54.3 cm³/mol. The first-order valence-corrected chi connectivity index (χ1v) is 4.44. The molecule has 2 rings (SSSR count). The Morgan fingerprint density at radius 2 is 2.20 bits per heavy atom. The highest BCUT2D eigenvalue weighted by molar-refractivity contribution is 5.94. The van der Waals surface area contributed by atoms with Gasteiger partial charge in [-0.3, -0.25) is 9.48 Å². The topological polar surface area (TPSA) is 78.7 Å². The monoisotopic (exact) mass is 205 g/mol. The fraction of sp³-hybridized carbons (Fsp3) is 0.222. The summed E-state index contributed by atoms with van der Waals surface area (Å²) in [6, 6.07) is 1.64. The van der Waals surface area contributed by atoms with Crippen molar-refractivity contribution in [1.29, 1.82) is 0 Å². The molecule has 0 saturated carbocycles. The van der Waals surface area contributed by atoms with Crippen LogP contribution in [0.3, 0.4) is 0 Å². The number of nitrogens with two attached hydrogens (primary N) is 1. The summed E-state index contributed by atoms with van der Waals surface area (Å²) >= 11 is 0. The van der Waals surface area contributed by atoms with E-state index >= 15 is 0 Å². The number of nitrogen functional groups attached to an aromatic ring is 1. The van der Waals surface area contributed by atoms with Crippen LogP contribution in [0.2, 0.25) is 0 Å². The summed E-state index contributed by atoms with van der Waals surface area (Å²) in [7, 11) is 1.70. The molecule has 0 amide bonds. The lowest BCUT2D eigenvalue weighted by Gasteiger charge is -2.03. The predicted octanol–water partition coefficient (Wildman–Crippen LogP) is 0.196. The van der Waals surface area contributed by atoms with Crippen molar-refractivity contribution in [2.75, 3.05) is 5.73 Å². The fourth-order valence-electron chi connectivity index (χ4n) is 1.32. The largest absolute Gasteiger partial charge is 0.396 e. The van der Waals surface area contributed by atoms with Gasteiger partial charge in [0.2, 0.25) is 0 Å². The van der Waals surface area contributed by atoms with Gasteiger partial charge in [-0.2, -0.15) is 14.9 Å². The minimum Gasteiger partial charge on any atom is -0.396 e. The Labute approximate surface area is 86.3 Å². The van der Waals surface area contributed by atoms with E-state index in [0.29, 0.717) is 17.1 Å². The highest BCUT2D eigenvalue weighted by atomic mass is 16.2. The van der Waals surface area contributed by atoms with Crippen LogP contribution >= 0.6 is 0 Å². The summed E-state index contributed by atoms with van der Waals surface area (Å²) in [5.41, 5.74) is 7.23. The number of carbonyl (C=O) groups is 1. The summed E-state index contributed by atoms with van der Waals surface area (Å²) in [5, 5.41) is 7.84. The first-order valence-electron chi connectivity index (χ1n) is 4.44. The van der Waals surface area contributed by atoms with Crippen LogP contribution in [0.5, 0.6) is 0 Å². The van der Waals surface area contributed by atoms with E-state index in [0.717, 1.165) is 0 Å². The van der Waals surface area contributed by atoms with Crippen LogP contribution < -0.4 is 5.73 Å². The molecule has 2 aromatic rings. The summed E-state index contributed by atoms with van der Waals surface area (Å²) in [6.07, 6.45) is 3.03.